The average Bonchev–Trinajstić information content (AvgIpc) is 3.15. The summed E-state index contributed by atoms with van der Waals surface area (Å²) in [6.45, 7) is 4.65. The predicted octanol–water partition coefficient (Wildman–Crippen LogP) is 0.558. The van der Waals surface area contributed by atoms with Crippen LogP contribution in [0.25, 0.3) is 11.4 Å². The fourth-order valence-corrected chi connectivity index (χ4v) is 3.30. The summed E-state index contributed by atoms with van der Waals surface area (Å²) < 4.78 is 12.5. The molecule has 0 atom stereocenters. The molecule has 0 saturated carbocycles. The van der Waals surface area contributed by atoms with E-state index in [2.05, 4.69) is 17.4 Å². The van der Waals surface area contributed by atoms with Crippen LogP contribution < -0.4 is 15.7 Å². The van der Waals surface area contributed by atoms with E-state index >= 15 is 0 Å². The van der Waals surface area contributed by atoms with Gasteiger partial charge in [-0.1, -0.05) is 5.53 Å². The molecule has 4 rings (SSSR count). The number of hydrogen-bond acceptors (Lipinski definition) is 6. The first-order chi connectivity index (χ1) is 12.1. The van der Waals surface area contributed by atoms with E-state index in [0.29, 0.717) is 18.8 Å². The Hall–Kier alpha value is -2.84. The standard InChI is InChI=1S/C17H19N5O3/c1-4-25-17(23)15-14-8-22-16(10(2)19-20-22)12-7-11(24-3)5-6-13(12)21(14)9-18-15/h5-7,9,19-20H,4,8H2,1-3H3/p+1. The van der Waals surface area contributed by atoms with Crippen LogP contribution in [0.15, 0.2) is 30.2 Å². The number of nitrogens with two attached hydrogens (primary N) is 1. The van der Waals surface area contributed by atoms with Gasteiger partial charge >= 0.3 is 5.97 Å². The number of rotatable bonds is 3. The lowest BCUT2D eigenvalue weighted by Crippen LogP contribution is -2.90. The van der Waals surface area contributed by atoms with Gasteiger partial charge < -0.3 is 9.47 Å². The zero-order valence-corrected chi connectivity index (χ0v) is 14.4. The summed E-state index contributed by atoms with van der Waals surface area (Å²) in [6, 6.07) is 5.89. The number of benzene rings is 1. The Kier molecular flexibility index (Phi) is 3.70. The Morgan fingerprint density at radius 2 is 2.28 bits per heavy atom. The van der Waals surface area contributed by atoms with Gasteiger partial charge in [0.1, 0.15) is 23.5 Å². The fourth-order valence-electron chi connectivity index (χ4n) is 3.30. The highest BCUT2D eigenvalue weighted by molar-refractivity contribution is 5.89. The SMILES string of the molecule is CCOC(=O)c1ncn2c1CN1N[NH2+]C(C)=C1c1cc(OC)ccc1-2. The number of hydrazine groups is 1. The van der Waals surface area contributed by atoms with Gasteiger partial charge in [-0.15, -0.1) is 0 Å². The lowest BCUT2D eigenvalue weighted by molar-refractivity contribution is -0.676. The van der Waals surface area contributed by atoms with E-state index in [1.807, 2.05) is 33.2 Å². The number of nitrogens with zero attached hydrogens (tertiary/aromatic N) is 3. The van der Waals surface area contributed by atoms with Crippen molar-refractivity contribution >= 4 is 11.7 Å². The molecular weight excluding hydrogens is 322 g/mol. The number of ether oxygens (including phenoxy) is 2. The van der Waals surface area contributed by atoms with Gasteiger partial charge in [-0.3, -0.25) is 9.58 Å². The maximum atomic E-state index is 12.3. The van der Waals surface area contributed by atoms with Crippen molar-refractivity contribution in [2.45, 2.75) is 20.4 Å². The number of allylic oxidation sites excluding steroid dienone is 1. The molecule has 0 fully saturated rings. The van der Waals surface area contributed by atoms with Gasteiger partial charge in [-0.2, -0.15) is 0 Å². The monoisotopic (exact) mass is 342 g/mol. The van der Waals surface area contributed by atoms with Crippen molar-refractivity contribution in [3.8, 4) is 11.4 Å². The van der Waals surface area contributed by atoms with Crippen molar-refractivity contribution < 1.29 is 19.7 Å². The zero-order chi connectivity index (χ0) is 17.6. The molecule has 130 valence electrons. The van der Waals surface area contributed by atoms with Crippen LogP contribution in [0.4, 0.5) is 0 Å². The fraction of sp³-hybridized carbons (Fsp3) is 0.294. The molecule has 0 saturated heterocycles. The zero-order valence-electron chi connectivity index (χ0n) is 14.4. The van der Waals surface area contributed by atoms with Gasteiger partial charge in [0.15, 0.2) is 5.69 Å². The highest BCUT2D eigenvalue weighted by Gasteiger charge is 2.34. The van der Waals surface area contributed by atoms with Crippen LogP contribution in [0.5, 0.6) is 5.75 Å². The minimum Gasteiger partial charge on any atom is -0.497 e. The molecule has 0 bridgehead atoms. The summed E-state index contributed by atoms with van der Waals surface area (Å²) in [6.07, 6.45) is 1.68. The number of methoxy groups -OCH3 is 1. The van der Waals surface area contributed by atoms with Crippen molar-refractivity contribution in [1.82, 2.24) is 20.1 Å². The predicted molar refractivity (Wildman–Crippen MR) is 89.3 cm³/mol. The molecule has 25 heavy (non-hydrogen) atoms. The molecule has 2 aliphatic heterocycles. The first-order valence-corrected chi connectivity index (χ1v) is 8.14. The van der Waals surface area contributed by atoms with Crippen LogP contribution >= 0.6 is 0 Å². The summed E-state index contributed by atoms with van der Waals surface area (Å²) in [5.74, 6) is 0.374. The number of imidazole rings is 1. The summed E-state index contributed by atoms with van der Waals surface area (Å²) in [5.41, 5.74) is 10.5. The molecule has 8 heteroatoms. The van der Waals surface area contributed by atoms with E-state index in [1.54, 1.807) is 20.4 Å². The van der Waals surface area contributed by atoms with Crippen molar-refractivity contribution in [3.05, 3.63) is 47.2 Å². The topological polar surface area (TPSA) is 85.2 Å². The second-order valence-corrected chi connectivity index (χ2v) is 5.90. The van der Waals surface area contributed by atoms with E-state index in [1.165, 1.54) is 0 Å². The van der Waals surface area contributed by atoms with Gasteiger partial charge in [-0.05, 0) is 25.1 Å². The molecule has 0 amide bonds. The third-order valence-electron chi connectivity index (χ3n) is 4.44. The van der Waals surface area contributed by atoms with Crippen molar-refractivity contribution in [1.29, 1.82) is 0 Å². The molecule has 0 aliphatic carbocycles. The van der Waals surface area contributed by atoms with E-state index < -0.39 is 5.97 Å². The van der Waals surface area contributed by atoms with Crippen molar-refractivity contribution in [2.75, 3.05) is 13.7 Å². The largest absolute Gasteiger partial charge is 0.497 e. The quantitative estimate of drug-likeness (QED) is 0.626. The van der Waals surface area contributed by atoms with Crippen molar-refractivity contribution in [2.24, 2.45) is 0 Å². The Labute approximate surface area is 145 Å². The minimum atomic E-state index is -0.404. The summed E-state index contributed by atoms with van der Waals surface area (Å²) in [5, 5.41) is 2.01. The molecule has 8 nitrogen and oxygen atoms in total. The van der Waals surface area contributed by atoms with E-state index in [9.17, 15) is 4.79 Å². The highest BCUT2D eigenvalue weighted by Crippen LogP contribution is 2.35. The Morgan fingerprint density at radius 3 is 3.04 bits per heavy atom. The highest BCUT2D eigenvalue weighted by atomic mass is 16.5. The Balaban J connectivity index is 1.93. The first-order valence-electron chi connectivity index (χ1n) is 8.14. The maximum Gasteiger partial charge on any atom is 0.358 e. The molecule has 0 radical (unpaired) electrons. The number of carbonyl (C=O) groups excluding carboxylic acids is 1. The molecule has 0 unspecified atom stereocenters. The van der Waals surface area contributed by atoms with Crippen LogP contribution in [-0.4, -0.2) is 34.2 Å². The van der Waals surface area contributed by atoms with E-state index in [0.717, 1.165) is 34.1 Å². The smallest absolute Gasteiger partial charge is 0.358 e. The maximum absolute atomic E-state index is 12.3. The van der Waals surface area contributed by atoms with Gasteiger partial charge in [0.25, 0.3) is 0 Å². The third-order valence-corrected chi connectivity index (χ3v) is 4.44. The molecule has 0 spiro atoms. The van der Waals surface area contributed by atoms with E-state index in [4.69, 9.17) is 9.47 Å². The first kappa shape index (κ1) is 15.7. The number of quaternary nitrogens is 1. The molecule has 3 heterocycles. The summed E-state index contributed by atoms with van der Waals surface area (Å²) in [4.78, 5) is 16.6. The number of nitrogens with one attached hydrogen (secondary N) is 1. The molecule has 3 N–H and O–H groups in total. The van der Waals surface area contributed by atoms with Crippen molar-refractivity contribution in [3.63, 3.8) is 0 Å². The van der Waals surface area contributed by atoms with Gasteiger partial charge in [0.05, 0.1) is 31.6 Å². The molecule has 1 aromatic carbocycles. The summed E-state index contributed by atoms with van der Waals surface area (Å²) in [7, 11) is 1.65. The Bertz CT molecular complexity index is 886. The van der Waals surface area contributed by atoms with Crippen LogP contribution in [0.1, 0.15) is 35.6 Å². The lowest BCUT2D eigenvalue weighted by atomic mass is 10.1. The second-order valence-electron chi connectivity index (χ2n) is 5.90. The number of esters is 1. The lowest BCUT2D eigenvalue weighted by Gasteiger charge is -2.16. The van der Waals surface area contributed by atoms with Gasteiger partial charge in [0.2, 0.25) is 0 Å². The molecule has 1 aromatic heterocycles. The number of hydrogen-bond donors (Lipinski definition) is 2. The van der Waals surface area contributed by atoms with Crippen LogP contribution in [0.2, 0.25) is 0 Å². The normalized spacial score (nSPS) is 15.4. The number of fused-ring (bicyclic) bond motifs is 5. The summed E-state index contributed by atoms with van der Waals surface area (Å²) >= 11 is 0. The average molecular weight is 342 g/mol. The molecular formula is C17H20N5O3+. The third kappa shape index (κ3) is 2.38. The van der Waals surface area contributed by atoms with Crippen LogP contribution in [0.3, 0.4) is 0 Å². The molecule has 2 aliphatic rings. The van der Waals surface area contributed by atoms with Gasteiger partial charge in [-0.25, -0.2) is 15.2 Å². The number of aromatic nitrogens is 2. The van der Waals surface area contributed by atoms with Gasteiger partial charge in [0, 0.05) is 12.5 Å². The Morgan fingerprint density at radius 1 is 1.44 bits per heavy atom. The minimum absolute atomic E-state index is 0.318. The van der Waals surface area contributed by atoms with Crippen LogP contribution in [0, 0.1) is 0 Å². The second kappa shape index (κ2) is 5.91. The number of carbonyl (C=O) groups is 1. The molecule has 2 aromatic rings. The van der Waals surface area contributed by atoms with Crippen LogP contribution in [-0.2, 0) is 11.3 Å². The van der Waals surface area contributed by atoms with E-state index in [-0.39, 0.29) is 0 Å².